The van der Waals surface area contributed by atoms with E-state index < -0.39 is 0 Å². The minimum Gasteiger partial charge on any atom is -0.380 e. The Morgan fingerprint density at radius 2 is 1.61 bits per heavy atom. The van der Waals surface area contributed by atoms with Gasteiger partial charge >= 0.3 is 0 Å². The van der Waals surface area contributed by atoms with Crippen molar-refractivity contribution >= 4 is 11.6 Å². The molecule has 1 aliphatic carbocycles. The van der Waals surface area contributed by atoms with Crippen molar-refractivity contribution < 1.29 is 4.79 Å². The summed E-state index contributed by atoms with van der Waals surface area (Å²) in [6, 6.07) is 10.7. The first-order valence-corrected chi connectivity index (χ1v) is 6.67. The molecule has 1 saturated carbocycles. The molecule has 94 valence electrons. The fraction of sp³-hybridized carbons (Fsp3) is 0.400. The van der Waals surface area contributed by atoms with E-state index in [1.165, 1.54) is 12.8 Å². The number of hydrogen-bond acceptors (Lipinski definition) is 2. The van der Waals surface area contributed by atoms with Crippen LogP contribution in [0.3, 0.4) is 0 Å². The molecule has 1 aliphatic heterocycles. The van der Waals surface area contributed by atoms with Crippen LogP contribution in [0.5, 0.6) is 0 Å². The smallest absolute Gasteiger partial charge is 0.246 e. The highest BCUT2D eigenvalue weighted by Crippen LogP contribution is 2.23. The minimum absolute atomic E-state index is 0.0238. The molecular weight excluding hydrogens is 224 g/mol. The molecule has 0 aromatic heterocycles. The molecule has 0 saturated heterocycles. The maximum Gasteiger partial charge on any atom is 0.246 e. The van der Waals surface area contributed by atoms with Gasteiger partial charge in [-0.25, -0.2) is 0 Å². The number of rotatable bonds is 1. The molecule has 2 unspecified atom stereocenters. The Labute approximate surface area is 107 Å². The molecule has 2 N–H and O–H groups in total. The van der Waals surface area contributed by atoms with Crippen LogP contribution in [0.4, 0.5) is 0 Å². The molecule has 0 spiro atoms. The summed E-state index contributed by atoms with van der Waals surface area (Å²) < 4.78 is 0. The highest BCUT2D eigenvalue weighted by molar-refractivity contribution is 5.95. The van der Waals surface area contributed by atoms with Gasteiger partial charge in [0.25, 0.3) is 0 Å². The minimum atomic E-state index is 0.0238. The fourth-order valence-electron chi connectivity index (χ4n) is 2.86. The molecule has 3 rings (SSSR count). The SMILES string of the molecule is O=C1C=C(c2ccccc2)NC2CCCCC2N1. The van der Waals surface area contributed by atoms with Crippen molar-refractivity contribution in [3.63, 3.8) is 0 Å². The number of nitrogens with one attached hydrogen (secondary N) is 2. The molecule has 2 atom stereocenters. The summed E-state index contributed by atoms with van der Waals surface area (Å²) in [5.41, 5.74) is 2.03. The van der Waals surface area contributed by atoms with Crippen molar-refractivity contribution in [2.24, 2.45) is 0 Å². The Balaban J connectivity index is 1.88. The van der Waals surface area contributed by atoms with E-state index in [1.807, 2.05) is 30.3 Å². The van der Waals surface area contributed by atoms with Crippen LogP contribution in [0.1, 0.15) is 31.2 Å². The fourth-order valence-corrected chi connectivity index (χ4v) is 2.86. The number of amides is 1. The number of carbonyl (C=O) groups is 1. The van der Waals surface area contributed by atoms with Gasteiger partial charge in [-0.05, 0) is 18.4 Å². The van der Waals surface area contributed by atoms with Crippen LogP contribution in [0.15, 0.2) is 36.4 Å². The molecule has 1 fully saturated rings. The Morgan fingerprint density at radius 1 is 0.944 bits per heavy atom. The Kier molecular flexibility index (Phi) is 3.05. The first-order valence-electron chi connectivity index (χ1n) is 6.67. The van der Waals surface area contributed by atoms with Crippen LogP contribution in [0, 0.1) is 0 Å². The first-order chi connectivity index (χ1) is 8.83. The normalized spacial score (nSPS) is 27.3. The van der Waals surface area contributed by atoms with E-state index in [4.69, 9.17) is 0 Å². The number of fused-ring (bicyclic) bond motifs is 1. The van der Waals surface area contributed by atoms with Crippen molar-refractivity contribution in [2.75, 3.05) is 0 Å². The molecule has 0 radical (unpaired) electrons. The van der Waals surface area contributed by atoms with E-state index in [9.17, 15) is 4.79 Å². The summed E-state index contributed by atoms with van der Waals surface area (Å²) >= 11 is 0. The lowest BCUT2D eigenvalue weighted by atomic mass is 9.90. The third-order valence-electron chi connectivity index (χ3n) is 3.79. The van der Waals surface area contributed by atoms with E-state index in [0.717, 1.165) is 24.1 Å². The summed E-state index contributed by atoms with van der Waals surface area (Å²) in [7, 11) is 0. The average Bonchev–Trinajstić information content (AvgIpc) is 2.57. The van der Waals surface area contributed by atoms with Crippen LogP contribution < -0.4 is 10.6 Å². The molecule has 1 amide bonds. The third kappa shape index (κ3) is 2.26. The molecule has 18 heavy (non-hydrogen) atoms. The van der Waals surface area contributed by atoms with E-state index in [-0.39, 0.29) is 11.9 Å². The van der Waals surface area contributed by atoms with E-state index in [0.29, 0.717) is 6.04 Å². The second kappa shape index (κ2) is 4.84. The quantitative estimate of drug-likeness (QED) is 0.791. The van der Waals surface area contributed by atoms with Crippen molar-refractivity contribution in [3.05, 3.63) is 42.0 Å². The highest BCUT2D eigenvalue weighted by atomic mass is 16.1. The second-order valence-electron chi connectivity index (χ2n) is 5.07. The van der Waals surface area contributed by atoms with E-state index in [1.54, 1.807) is 6.08 Å². The molecular formula is C15H18N2O. The number of carbonyl (C=O) groups excluding carboxylic acids is 1. The highest BCUT2D eigenvalue weighted by Gasteiger charge is 2.29. The van der Waals surface area contributed by atoms with Gasteiger partial charge in [0.2, 0.25) is 5.91 Å². The van der Waals surface area contributed by atoms with Crippen molar-refractivity contribution in [2.45, 2.75) is 37.8 Å². The largest absolute Gasteiger partial charge is 0.380 e. The van der Waals surface area contributed by atoms with Gasteiger partial charge in [-0.15, -0.1) is 0 Å². The zero-order valence-corrected chi connectivity index (χ0v) is 10.4. The number of hydrogen-bond donors (Lipinski definition) is 2. The van der Waals surface area contributed by atoms with Crippen LogP contribution in [0.25, 0.3) is 5.70 Å². The summed E-state index contributed by atoms with van der Waals surface area (Å²) in [5, 5.41) is 6.65. The number of benzene rings is 1. The monoisotopic (exact) mass is 242 g/mol. The Bertz CT molecular complexity index is 467. The maximum atomic E-state index is 11.9. The van der Waals surface area contributed by atoms with Crippen molar-refractivity contribution in [1.82, 2.24) is 10.6 Å². The van der Waals surface area contributed by atoms with Crippen LogP contribution >= 0.6 is 0 Å². The van der Waals surface area contributed by atoms with Crippen LogP contribution in [0.2, 0.25) is 0 Å². The van der Waals surface area contributed by atoms with Crippen LogP contribution in [-0.2, 0) is 4.79 Å². The molecule has 1 aromatic rings. The molecule has 1 aromatic carbocycles. The standard InChI is InChI=1S/C15H18N2O/c18-15-10-14(11-6-2-1-3-7-11)16-12-8-4-5-9-13(12)17-15/h1-3,6-7,10,12-13,16H,4-5,8-9H2,(H,17,18). The maximum absolute atomic E-state index is 11.9. The lowest BCUT2D eigenvalue weighted by molar-refractivity contribution is -0.117. The zero-order chi connectivity index (χ0) is 12.4. The van der Waals surface area contributed by atoms with E-state index >= 15 is 0 Å². The Morgan fingerprint density at radius 3 is 2.33 bits per heavy atom. The molecule has 1 heterocycles. The predicted octanol–water partition coefficient (Wildman–Crippen LogP) is 2.06. The summed E-state index contributed by atoms with van der Waals surface area (Å²) in [6.07, 6.45) is 6.36. The Hall–Kier alpha value is -1.77. The van der Waals surface area contributed by atoms with Crippen molar-refractivity contribution in [1.29, 1.82) is 0 Å². The summed E-state index contributed by atoms with van der Waals surface area (Å²) in [5.74, 6) is 0.0238. The van der Waals surface area contributed by atoms with Gasteiger partial charge in [0.1, 0.15) is 0 Å². The van der Waals surface area contributed by atoms with Gasteiger partial charge in [-0.3, -0.25) is 4.79 Å². The third-order valence-corrected chi connectivity index (χ3v) is 3.79. The van der Waals surface area contributed by atoms with Crippen molar-refractivity contribution in [3.8, 4) is 0 Å². The molecule has 0 bridgehead atoms. The average molecular weight is 242 g/mol. The van der Waals surface area contributed by atoms with Gasteiger partial charge in [0.15, 0.2) is 0 Å². The topological polar surface area (TPSA) is 41.1 Å². The zero-order valence-electron chi connectivity index (χ0n) is 10.4. The van der Waals surface area contributed by atoms with Gasteiger partial charge in [0, 0.05) is 23.9 Å². The lowest BCUT2D eigenvalue weighted by Crippen LogP contribution is -2.48. The van der Waals surface area contributed by atoms with Gasteiger partial charge in [0.05, 0.1) is 0 Å². The van der Waals surface area contributed by atoms with Gasteiger partial charge in [-0.2, -0.15) is 0 Å². The lowest BCUT2D eigenvalue weighted by Gasteiger charge is -2.31. The first kappa shape index (κ1) is 11.3. The predicted molar refractivity (Wildman–Crippen MR) is 71.7 cm³/mol. The van der Waals surface area contributed by atoms with Gasteiger partial charge in [-0.1, -0.05) is 43.2 Å². The molecule has 2 aliphatic rings. The molecule has 3 nitrogen and oxygen atoms in total. The van der Waals surface area contributed by atoms with E-state index in [2.05, 4.69) is 10.6 Å². The second-order valence-corrected chi connectivity index (χ2v) is 5.07. The van der Waals surface area contributed by atoms with Crippen LogP contribution in [-0.4, -0.2) is 18.0 Å². The summed E-state index contributed by atoms with van der Waals surface area (Å²) in [6.45, 7) is 0. The summed E-state index contributed by atoms with van der Waals surface area (Å²) in [4.78, 5) is 11.9. The van der Waals surface area contributed by atoms with Gasteiger partial charge < -0.3 is 10.6 Å². The molecule has 3 heteroatoms.